The fourth-order valence-electron chi connectivity index (χ4n) is 3.22. The SMILES string of the molecule is COc1ncc(-c2cnn3ccc(Nc4cc(OC)c(OC)c(OC)c4)nc23)c(OC)n1. The average molecular weight is 438 g/mol. The molecule has 0 spiro atoms. The van der Waals surface area contributed by atoms with Gasteiger partial charge >= 0.3 is 6.01 Å². The molecule has 0 atom stereocenters. The summed E-state index contributed by atoms with van der Waals surface area (Å²) in [6, 6.07) is 5.60. The largest absolute Gasteiger partial charge is 0.493 e. The molecule has 0 aliphatic rings. The predicted molar refractivity (Wildman–Crippen MR) is 116 cm³/mol. The molecule has 1 aromatic carbocycles. The summed E-state index contributed by atoms with van der Waals surface area (Å²) in [5.74, 6) is 2.51. The third kappa shape index (κ3) is 3.75. The number of aromatic nitrogens is 5. The minimum atomic E-state index is 0.208. The van der Waals surface area contributed by atoms with Gasteiger partial charge in [0.25, 0.3) is 0 Å². The van der Waals surface area contributed by atoms with Crippen molar-refractivity contribution in [3.63, 3.8) is 0 Å². The Morgan fingerprint density at radius 1 is 0.812 bits per heavy atom. The fourth-order valence-corrected chi connectivity index (χ4v) is 3.22. The van der Waals surface area contributed by atoms with E-state index in [9.17, 15) is 0 Å². The highest BCUT2D eigenvalue weighted by molar-refractivity contribution is 5.80. The summed E-state index contributed by atoms with van der Waals surface area (Å²) < 4.78 is 28.4. The average Bonchev–Trinajstić information content (AvgIpc) is 3.25. The van der Waals surface area contributed by atoms with Crippen LogP contribution in [-0.2, 0) is 0 Å². The molecule has 4 aromatic rings. The summed E-state index contributed by atoms with van der Waals surface area (Å²) in [6.07, 6.45) is 5.09. The van der Waals surface area contributed by atoms with Gasteiger partial charge in [-0.2, -0.15) is 10.1 Å². The Labute approximate surface area is 183 Å². The van der Waals surface area contributed by atoms with Crippen LogP contribution in [0.1, 0.15) is 0 Å². The lowest BCUT2D eigenvalue weighted by Gasteiger charge is -2.15. The maximum absolute atomic E-state index is 5.42. The standard InChI is InChI=1S/C21H22N6O5/c1-28-15-8-12(9-16(29-2)18(15)30-3)24-17-6-7-27-19(25-17)13(11-23-27)14-10-22-21(32-5)26-20(14)31-4/h6-11H,1-5H3,(H,24,25). The van der Waals surface area contributed by atoms with Crippen LogP contribution in [0.5, 0.6) is 29.1 Å². The summed E-state index contributed by atoms with van der Waals surface area (Å²) in [5, 5.41) is 7.63. The molecule has 11 nitrogen and oxygen atoms in total. The molecule has 0 fully saturated rings. The topological polar surface area (TPSA) is 114 Å². The molecule has 3 aromatic heterocycles. The van der Waals surface area contributed by atoms with Gasteiger partial charge in [-0.1, -0.05) is 0 Å². The molecule has 0 unspecified atom stereocenters. The van der Waals surface area contributed by atoms with Crippen molar-refractivity contribution in [2.24, 2.45) is 0 Å². The summed E-state index contributed by atoms with van der Waals surface area (Å²) >= 11 is 0. The van der Waals surface area contributed by atoms with Gasteiger partial charge in [-0.15, -0.1) is 0 Å². The number of benzene rings is 1. The Bertz CT molecular complexity index is 1230. The van der Waals surface area contributed by atoms with E-state index in [0.29, 0.717) is 51.4 Å². The second-order valence-corrected chi connectivity index (χ2v) is 6.46. The lowest BCUT2D eigenvalue weighted by molar-refractivity contribution is 0.324. The van der Waals surface area contributed by atoms with Crippen LogP contribution >= 0.6 is 0 Å². The van der Waals surface area contributed by atoms with E-state index in [4.69, 9.17) is 28.7 Å². The number of anilines is 2. The smallest absolute Gasteiger partial charge is 0.319 e. The van der Waals surface area contributed by atoms with Crippen LogP contribution in [0.2, 0.25) is 0 Å². The van der Waals surface area contributed by atoms with Crippen LogP contribution in [0.15, 0.2) is 36.8 Å². The Hall–Kier alpha value is -4.28. The first-order valence-corrected chi connectivity index (χ1v) is 9.48. The van der Waals surface area contributed by atoms with Crippen LogP contribution in [-0.4, -0.2) is 60.1 Å². The van der Waals surface area contributed by atoms with Gasteiger partial charge in [0.05, 0.1) is 52.9 Å². The molecule has 0 bridgehead atoms. The van der Waals surface area contributed by atoms with Crippen molar-refractivity contribution >= 4 is 17.2 Å². The monoisotopic (exact) mass is 438 g/mol. The zero-order chi connectivity index (χ0) is 22.7. The molecule has 3 heterocycles. The van der Waals surface area contributed by atoms with Gasteiger partial charge in [0, 0.05) is 30.2 Å². The van der Waals surface area contributed by atoms with Crippen LogP contribution in [0, 0.1) is 0 Å². The van der Waals surface area contributed by atoms with E-state index >= 15 is 0 Å². The Kier molecular flexibility index (Phi) is 5.79. The molecule has 11 heteroatoms. The molecular weight excluding hydrogens is 416 g/mol. The molecule has 0 saturated carbocycles. The van der Waals surface area contributed by atoms with Crippen molar-refractivity contribution in [1.82, 2.24) is 24.6 Å². The molecule has 166 valence electrons. The molecule has 32 heavy (non-hydrogen) atoms. The van der Waals surface area contributed by atoms with Gasteiger partial charge in [0.15, 0.2) is 17.1 Å². The summed E-state index contributed by atoms with van der Waals surface area (Å²) in [5.41, 5.74) is 2.65. The number of fused-ring (bicyclic) bond motifs is 1. The quantitative estimate of drug-likeness (QED) is 0.440. The normalized spacial score (nSPS) is 10.7. The lowest BCUT2D eigenvalue weighted by Crippen LogP contribution is -2.01. The van der Waals surface area contributed by atoms with Gasteiger partial charge in [-0.25, -0.2) is 14.5 Å². The van der Waals surface area contributed by atoms with Crippen LogP contribution < -0.4 is 29.0 Å². The Morgan fingerprint density at radius 3 is 2.19 bits per heavy atom. The van der Waals surface area contributed by atoms with Crippen molar-refractivity contribution in [3.05, 3.63) is 36.8 Å². The van der Waals surface area contributed by atoms with Crippen LogP contribution in [0.4, 0.5) is 11.5 Å². The summed E-state index contributed by atoms with van der Waals surface area (Å²) in [6.45, 7) is 0. The highest BCUT2D eigenvalue weighted by atomic mass is 16.5. The van der Waals surface area contributed by atoms with Gasteiger partial charge < -0.3 is 29.0 Å². The second-order valence-electron chi connectivity index (χ2n) is 6.46. The third-order valence-electron chi connectivity index (χ3n) is 4.70. The molecule has 0 amide bonds. The first-order chi connectivity index (χ1) is 15.6. The van der Waals surface area contributed by atoms with Gasteiger partial charge in [0.1, 0.15) is 5.82 Å². The molecule has 0 aliphatic heterocycles. The summed E-state index contributed by atoms with van der Waals surface area (Å²) in [4.78, 5) is 13.1. The number of nitrogens with zero attached hydrogens (tertiary/aromatic N) is 5. The van der Waals surface area contributed by atoms with Gasteiger partial charge in [0.2, 0.25) is 11.6 Å². The third-order valence-corrected chi connectivity index (χ3v) is 4.70. The number of rotatable bonds is 8. The van der Waals surface area contributed by atoms with Crippen LogP contribution in [0.25, 0.3) is 16.8 Å². The highest BCUT2D eigenvalue weighted by Gasteiger charge is 2.17. The van der Waals surface area contributed by atoms with Crippen molar-refractivity contribution in [1.29, 1.82) is 0 Å². The molecule has 0 saturated heterocycles. The van der Waals surface area contributed by atoms with E-state index in [2.05, 4.69) is 20.4 Å². The molecule has 0 aliphatic carbocycles. The predicted octanol–water partition coefficient (Wildman–Crippen LogP) is 2.97. The second kappa shape index (κ2) is 8.84. The number of methoxy groups -OCH3 is 5. The van der Waals surface area contributed by atoms with E-state index < -0.39 is 0 Å². The van der Waals surface area contributed by atoms with Gasteiger partial charge in [-0.05, 0) is 6.07 Å². The number of hydrogen-bond donors (Lipinski definition) is 1. The minimum Gasteiger partial charge on any atom is -0.493 e. The fraction of sp³-hybridized carbons (Fsp3) is 0.238. The number of nitrogens with one attached hydrogen (secondary N) is 1. The number of ether oxygens (including phenoxy) is 5. The zero-order valence-corrected chi connectivity index (χ0v) is 18.2. The summed E-state index contributed by atoms with van der Waals surface area (Å²) in [7, 11) is 7.71. The molecular formula is C21H22N6O5. The van der Waals surface area contributed by atoms with E-state index in [1.54, 1.807) is 62.6 Å². The van der Waals surface area contributed by atoms with Crippen molar-refractivity contribution in [3.8, 4) is 40.3 Å². The van der Waals surface area contributed by atoms with E-state index in [-0.39, 0.29) is 6.01 Å². The first-order valence-electron chi connectivity index (χ1n) is 9.48. The lowest BCUT2D eigenvalue weighted by atomic mass is 10.2. The molecule has 0 radical (unpaired) electrons. The van der Waals surface area contributed by atoms with Crippen molar-refractivity contribution in [2.75, 3.05) is 40.9 Å². The van der Waals surface area contributed by atoms with E-state index in [0.717, 1.165) is 0 Å². The maximum Gasteiger partial charge on any atom is 0.319 e. The highest BCUT2D eigenvalue weighted by Crippen LogP contribution is 2.40. The zero-order valence-electron chi connectivity index (χ0n) is 18.2. The Balaban J connectivity index is 1.74. The Morgan fingerprint density at radius 2 is 1.56 bits per heavy atom. The maximum atomic E-state index is 5.42. The van der Waals surface area contributed by atoms with E-state index in [1.165, 1.54) is 14.2 Å². The van der Waals surface area contributed by atoms with E-state index in [1.807, 2.05) is 0 Å². The van der Waals surface area contributed by atoms with Gasteiger partial charge in [-0.3, -0.25) is 0 Å². The minimum absolute atomic E-state index is 0.208. The van der Waals surface area contributed by atoms with Crippen molar-refractivity contribution < 1.29 is 23.7 Å². The number of hydrogen-bond acceptors (Lipinski definition) is 10. The first kappa shape index (κ1) is 21.0. The molecule has 1 N–H and O–H groups in total. The van der Waals surface area contributed by atoms with Crippen LogP contribution in [0.3, 0.4) is 0 Å². The van der Waals surface area contributed by atoms with Crippen molar-refractivity contribution in [2.45, 2.75) is 0 Å². The molecule has 4 rings (SSSR count).